The van der Waals surface area contributed by atoms with Gasteiger partial charge in [0, 0.05) is 6.54 Å². The summed E-state index contributed by atoms with van der Waals surface area (Å²) >= 11 is 0. The third-order valence-electron chi connectivity index (χ3n) is 4.16. The third kappa shape index (κ3) is 3.30. The van der Waals surface area contributed by atoms with E-state index in [4.69, 9.17) is 9.47 Å². The Labute approximate surface area is 134 Å². The van der Waals surface area contributed by atoms with E-state index in [2.05, 4.69) is 0 Å². The average molecular weight is 320 g/mol. The number of ether oxygens (including phenoxy) is 2. The van der Waals surface area contributed by atoms with Gasteiger partial charge in [-0.3, -0.25) is 9.69 Å². The molecule has 2 heterocycles. The Hall–Kier alpha value is -2.12. The number of cyclic esters (lactones) is 1. The van der Waals surface area contributed by atoms with Crippen LogP contribution in [0.5, 0.6) is 0 Å². The SMILES string of the molecule is O=C1OCCN1CC(=O)N1CCO[C@H](CO)[C@H]1c1ccccc1. The van der Waals surface area contributed by atoms with E-state index in [1.165, 1.54) is 4.90 Å². The van der Waals surface area contributed by atoms with E-state index in [0.29, 0.717) is 26.3 Å². The number of nitrogens with zero attached hydrogens (tertiary/aromatic N) is 2. The molecule has 2 saturated heterocycles. The molecule has 2 aliphatic heterocycles. The molecule has 0 aromatic heterocycles. The Kier molecular flexibility index (Phi) is 4.78. The molecule has 0 bridgehead atoms. The number of benzene rings is 1. The highest BCUT2D eigenvalue weighted by Crippen LogP contribution is 2.29. The van der Waals surface area contributed by atoms with Crippen molar-refractivity contribution in [1.29, 1.82) is 0 Å². The zero-order valence-corrected chi connectivity index (χ0v) is 12.8. The molecule has 2 atom stereocenters. The highest BCUT2D eigenvalue weighted by Gasteiger charge is 2.37. The topological polar surface area (TPSA) is 79.3 Å². The monoisotopic (exact) mass is 320 g/mol. The van der Waals surface area contributed by atoms with Crippen LogP contribution in [0, 0.1) is 0 Å². The van der Waals surface area contributed by atoms with Gasteiger partial charge in [-0.25, -0.2) is 4.79 Å². The van der Waals surface area contributed by atoms with Crippen LogP contribution >= 0.6 is 0 Å². The lowest BCUT2D eigenvalue weighted by Crippen LogP contribution is -2.52. The molecule has 1 N–H and O–H groups in total. The number of carbonyl (C=O) groups excluding carboxylic acids is 2. The number of morpholine rings is 1. The predicted molar refractivity (Wildman–Crippen MR) is 80.6 cm³/mol. The van der Waals surface area contributed by atoms with Crippen molar-refractivity contribution in [3.63, 3.8) is 0 Å². The van der Waals surface area contributed by atoms with E-state index in [1.807, 2.05) is 30.3 Å². The van der Waals surface area contributed by atoms with E-state index in [0.717, 1.165) is 5.56 Å². The van der Waals surface area contributed by atoms with Gasteiger partial charge < -0.3 is 19.5 Å². The lowest BCUT2D eigenvalue weighted by molar-refractivity contribution is -0.150. The Morgan fingerprint density at radius 3 is 2.65 bits per heavy atom. The minimum Gasteiger partial charge on any atom is -0.448 e. The summed E-state index contributed by atoms with van der Waals surface area (Å²) in [5.41, 5.74) is 0.906. The maximum absolute atomic E-state index is 12.7. The van der Waals surface area contributed by atoms with Gasteiger partial charge >= 0.3 is 6.09 Å². The van der Waals surface area contributed by atoms with Crippen LogP contribution in [0.4, 0.5) is 4.79 Å². The number of aliphatic hydroxyl groups is 1. The molecule has 7 nitrogen and oxygen atoms in total. The number of rotatable bonds is 4. The van der Waals surface area contributed by atoms with Gasteiger partial charge in [-0.1, -0.05) is 30.3 Å². The van der Waals surface area contributed by atoms with Crippen LogP contribution in [-0.2, 0) is 14.3 Å². The van der Waals surface area contributed by atoms with Crippen molar-refractivity contribution in [3.8, 4) is 0 Å². The molecular weight excluding hydrogens is 300 g/mol. The first-order valence-corrected chi connectivity index (χ1v) is 7.69. The van der Waals surface area contributed by atoms with Crippen LogP contribution in [0.3, 0.4) is 0 Å². The van der Waals surface area contributed by atoms with E-state index in [-0.39, 0.29) is 25.1 Å². The molecule has 124 valence electrons. The molecule has 23 heavy (non-hydrogen) atoms. The lowest BCUT2D eigenvalue weighted by Gasteiger charge is -2.41. The Balaban J connectivity index is 1.79. The van der Waals surface area contributed by atoms with Gasteiger partial charge in [0.05, 0.1) is 25.8 Å². The molecule has 1 aromatic rings. The predicted octanol–water partition coefficient (Wildman–Crippen LogP) is 0.400. The van der Waals surface area contributed by atoms with Gasteiger partial charge in [0.15, 0.2) is 0 Å². The second-order valence-corrected chi connectivity index (χ2v) is 5.57. The molecule has 0 spiro atoms. The largest absolute Gasteiger partial charge is 0.448 e. The smallest absolute Gasteiger partial charge is 0.410 e. The fourth-order valence-corrected chi connectivity index (χ4v) is 3.03. The van der Waals surface area contributed by atoms with Crippen molar-refractivity contribution in [2.24, 2.45) is 0 Å². The van der Waals surface area contributed by atoms with Crippen molar-refractivity contribution in [2.45, 2.75) is 12.1 Å². The van der Waals surface area contributed by atoms with Crippen molar-refractivity contribution in [1.82, 2.24) is 9.80 Å². The minimum absolute atomic E-state index is 0.0136. The third-order valence-corrected chi connectivity index (χ3v) is 4.16. The van der Waals surface area contributed by atoms with Crippen molar-refractivity contribution in [2.75, 3.05) is 39.5 Å². The van der Waals surface area contributed by atoms with Crippen LogP contribution in [0.2, 0.25) is 0 Å². The molecule has 2 aliphatic rings. The maximum atomic E-state index is 12.7. The quantitative estimate of drug-likeness (QED) is 0.869. The average Bonchev–Trinajstić information content (AvgIpc) is 2.99. The zero-order valence-electron chi connectivity index (χ0n) is 12.8. The van der Waals surface area contributed by atoms with Gasteiger partial charge in [0.1, 0.15) is 19.3 Å². The van der Waals surface area contributed by atoms with Gasteiger partial charge in [-0.2, -0.15) is 0 Å². The standard InChI is InChI=1S/C16H20N2O5/c19-11-13-15(12-4-2-1-3-5-12)18(7-9-22-13)14(20)10-17-6-8-23-16(17)21/h1-5,13,15,19H,6-11H2/t13-,15-/m1/s1. The summed E-state index contributed by atoms with van der Waals surface area (Å²) in [6.07, 6.45) is -0.929. The fraction of sp³-hybridized carbons (Fsp3) is 0.500. The van der Waals surface area contributed by atoms with Gasteiger partial charge in [0.2, 0.25) is 5.91 Å². The normalized spacial score (nSPS) is 24.7. The first kappa shape index (κ1) is 15.8. The van der Waals surface area contributed by atoms with E-state index < -0.39 is 12.2 Å². The summed E-state index contributed by atoms with van der Waals surface area (Å²) in [7, 11) is 0. The van der Waals surface area contributed by atoms with Crippen molar-refractivity contribution in [3.05, 3.63) is 35.9 Å². The van der Waals surface area contributed by atoms with Crippen LogP contribution in [0.15, 0.2) is 30.3 Å². The molecule has 0 radical (unpaired) electrons. The fourth-order valence-electron chi connectivity index (χ4n) is 3.03. The number of hydrogen-bond acceptors (Lipinski definition) is 5. The summed E-state index contributed by atoms with van der Waals surface area (Å²) in [5, 5.41) is 9.60. The molecule has 3 rings (SSSR count). The van der Waals surface area contributed by atoms with Crippen LogP contribution in [0.25, 0.3) is 0 Å². The highest BCUT2D eigenvalue weighted by molar-refractivity contribution is 5.83. The summed E-state index contributed by atoms with van der Waals surface area (Å²) in [6.45, 7) is 1.35. The Morgan fingerprint density at radius 1 is 1.22 bits per heavy atom. The minimum atomic E-state index is -0.472. The summed E-state index contributed by atoms with van der Waals surface area (Å²) in [4.78, 5) is 27.3. The van der Waals surface area contributed by atoms with Gasteiger partial charge in [0.25, 0.3) is 0 Å². The molecule has 2 fully saturated rings. The van der Waals surface area contributed by atoms with E-state index in [9.17, 15) is 14.7 Å². The molecule has 2 amide bonds. The van der Waals surface area contributed by atoms with Crippen molar-refractivity contribution < 1.29 is 24.2 Å². The maximum Gasteiger partial charge on any atom is 0.410 e. The van der Waals surface area contributed by atoms with Crippen LogP contribution in [0.1, 0.15) is 11.6 Å². The zero-order chi connectivity index (χ0) is 16.2. The number of hydrogen-bond donors (Lipinski definition) is 1. The molecule has 0 saturated carbocycles. The number of carbonyl (C=O) groups is 2. The molecule has 0 unspecified atom stereocenters. The van der Waals surface area contributed by atoms with E-state index in [1.54, 1.807) is 4.90 Å². The summed E-state index contributed by atoms with van der Waals surface area (Å²) in [6, 6.07) is 9.13. The molecule has 7 heteroatoms. The van der Waals surface area contributed by atoms with E-state index >= 15 is 0 Å². The second-order valence-electron chi connectivity index (χ2n) is 5.57. The summed E-state index contributed by atoms with van der Waals surface area (Å²) in [5.74, 6) is -0.167. The Bertz CT molecular complexity index is 565. The van der Waals surface area contributed by atoms with Gasteiger partial charge in [-0.05, 0) is 5.56 Å². The highest BCUT2D eigenvalue weighted by atomic mass is 16.6. The summed E-state index contributed by atoms with van der Waals surface area (Å²) < 4.78 is 10.5. The molecular formula is C16H20N2O5. The lowest BCUT2D eigenvalue weighted by atomic mass is 9.98. The number of amides is 2. The first-order chi connectivity index (χ1) is 11.2. The number of aliphatic hydroxyl groups excluding tert-OH is 1. The van der Waals surface area contributed by atoms with Gasteiger partial charge in [-0.15, -0.1) is 0 Å². The second kappa shape index (κ2) is 6.97. The van der Waals surface area contributed by atoms with Crippen molar-refractivity contribution >= 4 is 12.0 Å². The van der Waals surface area contributed by atoms with Crippen LogP contribution in [-0.4, -0.2) is 72.5 Å². The Morgan fingerprint density at radius 2 is 2.00 bits per heavy atom. The van der Waals surface area contributed by atoms with Crippen LogP contribution < -0.4 is 0 Å². The molecule has 0 aliphatic carbocycles. The molecule has 1 aromatic carbocycles. The first-order valence-electron chi connectivity index (χ1n) is 7.69.